The highest BCUT2D eigenvalue weighted by molar-refractivity contribution is 5.93. The van der Waals surface area contributed by atoms with Gasteiger partial charge in [-0.3, -0.25) is 10.1 Å². The molecule has 0 aliphatic carbocycles. The SMILES string of the molecule is O=C(O)C=Cc1cccc(O)c1.O=C(O)c1cccc(O)c1[N+](=O)[O-]. The third-order valence-electron chi connectivity index (χ3n) is 2.72. The average Bonchev–Trinajstić information content (AvgIpc) is 2.53. The number of aromatic hydroxyl groups is 2. The minimum absolute atomic E-state index is 0.127. The van der Waals surface area contributed by atoms with Crippen LogP contribution in [-0.2, 0) is 4.79 Å². The number of nitrogens with zero attached hydrogens (tertiary/aromatic N) is 1. The van der Waals surface area contributed by atoms with Crippen LogP contribution in [0.2, 0.25) is 0 Å². The molecule has 0 bridgehead atoms. The van der Waals surface area contributed by atoms with E-state index >= 15 is 0 Å². The van der Waals surface area contributed by atoms with Crippen LogP contribution in [0.1, 0.15) is 15.9 Å². The number of aliphatic carboxylic acids is 1. The van der Waals surface area contributed by atoms with E-state index in [9.17, 15) is 19.7 Å². The largest absolute Gasteiger partial charge is 0.508 e. The van der Waals surface area contributed by atoms with Crippen molar-refractivity contribution < 1.29 is 34.9 Å². The lowest BCUT2D eigenvalue weighted by atomic mass is 10.1. The second-order valence-corrected chi connectivity index (χ2v) is 4.50. The van der Waals surface area contributed by atoms with Gasteiger partial charge >= 0.3 is 17.6 Å². The van der Waals surface area contributed by atoms with Crippen LogP contribution in [0.25, 0.3) is 6.08 Å². The van der Waals surface area contributed by atoms with Crippen LogP contribution >= 0.6 is 0 Å². The lowest BCUT2D eigenvalue weighted by Crippen LogP contribution is -2.02. The molecule has 2 aromatic carbocycles. The Morgan fingerprint density at radius 3 is 2.16 bits per heavy atom. The molecule has 2 rings (SSSR count). The van der Waals surface area contributed by atoms with Gasteiger partial charge in [0.25, 0.3) is 0 Å². The summed E-state index contributed by atoms with van der Waals surface area (Å²) < 4.78 is 0. The van der Waals surface area contributed by atoms with Crippen molar-refractivity contribution in [1.29, 1.82) is 0 Å². The molecule has 0 aliphatic rings. The van der Waals surface area contributed by atoms with Gasteiger partial charge in [0.1, 0.15) is 11.3 Å². The fraction of sp³-hybridized carbons (Fsp3) is 0. The van der Waals surface area contributed by atoms with Crippen molar-refractivity contribution in [1.82, 2.24) is 0 Å². The molecule has 0 unspecified atom stereocenters. The Kier molecular flexibility index (Phi) is 6.65. The first-order chi connectivity index (χ1) is 11.7. The lowest BCUT2D eigenvalue weighted by molar-refractivity contribution is -0.386. The van der Waals surface area contributed by atoms with Crippen LogP contribution in [0.5, 0.6) is 11.5 Å². The number of carboxylic acids is 2. The molecule has 0 heterocycles. The van der Waals surface area contributed by atoms with Gasteiger partial charge in [-0.2, -0.15) is 0 Å². The predicted molar refractivity (Wildman–Crippen MR) is 86.5 cm³/mol. The van der Waals surface area contributed by atoms with E-state index in [1.165, 1.54) is 24.3 Å². The van der Waals surface area contributed by atoms with E-state index in [4.69, 9.17) is 20.4 Å². The summed E-state index contributed by atoms with van der Waals surface area (Å²) >= 11 is 0. The Hall–Kier alpha value is -3.88. The fourth-order valence-corrected chi connectivity index (χ4v) is 1.69. The summed E-state index contributed by atoms with van der Waals surface area (Å²) in [5.41, 5.74) is -0.641. The first-order valence-corrected chi connectivity index (χ1v) is 6.62. The van der Waals surface area contributed by atoms with E-state index in [0.29, 0.717) is 5.56 Å². The van der Waals surface area contributed by atoms with E-state index in [1.54, 1.807) is 12.1 Å². The van der Waals surface area contributed by atoms with Crippen molar-refractivity contribution in [2.45, 2.75) is 0 Å². The highest BCUT2D eigenvalue weighted by Gasteiger charge is 2.23. The molecule has 4 N–H and O–H groups in total. The molecule has 0 amide bonds. The van der Waals surface area contributed by atoms with Gasteiger partial charge in [-0.25, -0.2) is 9.59 Å². The van der Waals surface area contributed by atoms with Gasteiger partial charge in [0.2, 0.25) is 0 Å². The van der Waals surface area contributed by atoms with Crippen LogP contribution in [0.15, 0.2) is 48.5 Å². The van der Waals surface area contributed by atoms with Crippen molar-refractivity contribution >= 4 is 23.7 Å². The maximum Gasteiger partial charge on any atom is 0.342 e. The minimum atomic E-state index is -1.44. The number of carbonyl (C=O) groups is 2. The summed E-state index contributed by atoms with van der Waals surface area (Å²) in [5.74, 6) is -2.96. The number of benzene rings is 2. The summed E-state index contributed by atoms with van der Waals surface area (Å²) in [6, 6.07) is 9.71. The van der Waals surface area contributed by atoms with Gasteiger partial charge < -0.3 is 20.4 Å². The average molecular weight is 347 g/mol. The van der Waals surface area contributed by atoms with E-state index in [2.05, 4.69) is 0 Å². The monoisotopic (exact) mass is 347 g/mol. The van der Waals surface area contributed by atoms with Gasteiger partial charge in [-0.1, -0.05) is 18.2 Å². The van der Waals surface area contributed by atoms with E-state index < -0.39 is 33.9 Å². The third-order valence-corrected chi connectivity index (χ3v) is 2.72. The van der Waals surface area contributed by atoms with Gasteiger partial charge in [0.15, 0.2) is 5.75 Å². The smallest absolute Gasteiger partial charge is 0.342 e. The van der Waals surface area contributed by atoms with Crippen LogP contribution in [0.3, 0.4) is 0 Å². The lowest BCUT2D eigenvalue weighted by Gasteiger charge is -1.98. The Bertz CT molecular complexity index is 829. The zero-order valence-corrected chi connectivity index (χ0v) is 12.6. The summed E-state index contributed by atoms with van der Waals surface area (Å²) in [6.07, 6.45) is 2.44. The van der Waals surface area contributed by atoms with Crippen molar-refractivity contribution in [3.05, 3.63) is 69.8 Å². The molecule has 9 heteroatoms. The summed E-state index contributed by atoms with van der Waals surface area (Å²) in [7, 11) is 0. The Labute approximate surface area is 140 Å². The highest BCUT2D eigenvalue weighted by atomic mass is 16.6. The molecule has 9 nitrogen and oxygen atoms in total. The van der Waals surface area contributed by atoms with Crippen LogP contribution < -0.4 is 0 Å². The molecule has 0 atom stereocenters. The van der Waals surface area contributed by atoms with Gasteiger partial charge in [-0.05, 0) is 35.9 Å². The Morgan fingerprint density at radius 1 is 1.04 bits per heavy atom. The topological polar surface area (TPSA) is 158 Å². The second-order valence-electron chi connectivity index (χ2n) is 4.50. The minimum Gasteiger partial charge on any atom is -0.508 e. The molecule has 0 fully saturated rings. The summed E-state index contributed by atoms with van der Waals surface area (Å²) in [6.45, 7) is 0. The summed E-state index contributed by atoms with van der Waals surface area (Å²) in [4.78, 5) is 30.0. The molecule has 25 heavy (non-hydrogen) atoms. The first kappa shape index (κ1) is 19.2. The molecular formula is C16H13NO8. The van der Waals surface area contributed by atoms with E-state index in [-0.39, 0.29) is 5.75 Å². The van der Waals surface area contributed by atoms with Gasteiger partial charge in [0.05, 0.1) is 4.92 Å². The number of phenolic OH excluding ortho intramolecular Hbond substituents is 2. The van der Waals surface area contributed by atoms with Crippen LogP contribution in [-0.4, -0.2) is 37.3 Å². The van der Waals surface area contributed by atoms with Crippen molar-refractivity contribution in [3.63, 3.8) is 0 Å². The van der Waals surface area contributed by atoms with Gasteiger partial charge in [0, 0.05) is 6.08 Å². The molecular weight excluding hydrogens is 334 g/mol. The maximum atomic E-state index is 10.5. The number of phenols is 2. The number of carboxylic acid groups (broad SMARTS) is 2. The van der Waals surface area contributed by atoms with E-state index in [0.717, 1.165) is 18.2 Å². The molecule has 0 radical (unpaired) electrons. The zero-order valence-electron chi connectivity index (χ0n) is 12.6. The number of aromatic carboxylic acids is 1. The molecule has 0 aromatic heterocycles. The number of para-hydroxylation sites is 1. The maximum absolute atomic E-state index is 10.5. The van der Waals surface area contributed by atoms with Crippen molar-refractivity contribution in [2.24, 2.45) is 0 Å². The number of hydrogen-bond donors (Lipinski definition) is 4. The number of rotatable bonds is 4. The van der Waals surface area contributed by atoms with Gasteiger partial charge in [-0.15, -0.1) is 0 Å². The molecule has 0 spiro atoms. The molecule has 130 valence electrons. The third kappa shape index (κ3) is 6.02. The quantitative estimate of drug-likeness (QED) is 0.373. The number of nitro benzene ring substituents is 1. The van der Waals surface area contributed by atoms with Crippen molar-refractivity contribution in [2.75, 3.05) is 0 Å². The number of nitro groups is 1. The first-order valence-electron chi connectivity index (χ1n) is 6.62. The summed E-state index contributed by atoms with van der Waals surface area (Å²) in [5, 5.41) is 45.2. The van der Waals surface area contributed by atoms with Crippen molar-refractivity contribution in [3.8, 4) is 11.5 Å². The highest BCUT2D eigenvalue weighted by Crippen LogP contribution is 2.29. The Morgan fingerprint density at radius 2 is 1.68 bits per heavy atom. The van der Waals surface area contributed by atoms with Crippen LogP contribution in [0, 0.1) is 10.1 Å². The standard InChI is InChI=1S/C9H8O3.C7H5NO5/c10-8-3-1-2-7(6-8)4-5-9(11)12;9-5-3-1-2-4(7(10)11)6(5)8(12)13/h1-6,10H,(H,11,12);1-3,9H,(H,10,11). The van der Waals surface area contributed by atoms with E-state index in [1.807, 2.05) is 0 Å². The Balaban J connectivity index is 0.000000251. The number of hydrogen-bond acceptors (Lipinski definition) is 6. The zero-order chi connectivity index (χ0) is 19.0. The molecule has 0 saturated carbocycles. The fourth-order valence-electron chi connectivity index (χ4n) is 1.69. The van der Waals surface area contributed by atoms with Crippen LogP contribution in [0.4, 0.5) is 5.69 Å². The normalized spacial score (nSPS) is 9.92. The molecule has 2 aromatic rings. The molecule has 0 aliphatic heterocycles. The second kappa shape index (κ2) is 8.67. The molecule has 0 saturated heterocycles. The predicted octanol–water partition coefficient (Wildman–Crippen LogP) is 2.49.